The minimum atomic E-state index is 0.00120. The van der Waals surface area contributed by atoms with Crippen molar-refractivity contribution in [3.05, 3.63) is 60.7 Å². The Labute approximate surface area is 150 Å². The van der Waals surface area contributed by atoms with Crippen LogP contribution in [0.1, 0.15) is 0 Å². The highest BCUT2D eigenvalue weighted by molar-refractivity contribution is 6.12. The van der Waals surface area contributed by atoms with Crippen molar-refractivity contribution in [2.75, 3.05) is 13.2 Å². The Morgan fingerprint density at radius 2 is 1.81 bits per heavy atom. The van der Waals surface area contributed by atoms with Gasteiger partial charge in [-0.2, -0.15) is 4.57 Å². The van der Waals surface area contributed by atoms with Crippen molar-refractivity contribution in [3.63, 3.8) is 0 Å². The van der Waals surface area contributed by atoms with Gasteiger partial charge in [-0.15, -0.1) is 0 Å². The van der Waals surface area contributed by atoms with Crippen LogP contribution in [0.4, 0.5) is 0 Å². The van der Waals surface area contributed by atoms with Gasteiger partial charge in [0, 0.05) is 5.39 Å². The zero-order chi connectivity index (χ0) is 17.7. The Bertz CT molecular complexity index is 1170. The summed E-state index contributed by atoms with van der Waals surface area (Å²) in [5.74, 6) is 2.51. The fourth-order valence-electron chi connectivity index (χ4n) is 3.83. The van der Waals surface area contributed by atoms with Crippen molar-refractivity contribution in [3.8, 4) is 28.5 Å². The molecular weight excluding hydrogens is 326 g/mol. The Kier molecular flexibility index (Phi) is 3.33. The van der Waals surface area contributed by atoms with Crippen molar-refractivity contribution in [2.45, 2.75) is 0 Å². The van der Waals surface area contributed by atoms with Crippen LogP contribution < -0.4 is 14.0 Å². The highest BCUT2D eigenvalue weighted by Crippen LogP contribution is 2.46. The summed E-state index contributed by atoms with van der Waals surface area (Å²) < 4.78 is 14.0. The van der Waals surface area contributed by atoms with E-state index in [9.17, 15) is 0 Å². The molecule has 128 valence electrons. The molecule has 0 saturated heterocycles. The highest BCUT2D eigenvalue weighted by Gasteiger charge is 2.29. The van der Waals surface area contributed by atoms with E-state index in [0.29, 0.717) is 0 Å². The van der Waals surface area contributed by atoms with Crippen molar-refractivity contribution in [2.24, 2.45) is 7.05 Å². The van der Waals surface area contributed by atoms with E-state index in [1.54, 1.807) is 0 Å². The third-order valence-electron chi connectivity index (χ3n) is 4.94. The number of fused-ring (bicyclic) bond motifs is 4. The monoisotopic (exact) mass is 344 g/mol. The van der Waals surface area contributed by atoms with Crippen LogP contribution in [-0.4, -0.2) is 18.3 Å². The van der Waals surface area contributed by atoms with Crippen LogP contribution in [0.2, 0.25) is 0 Å². The minimum absolute atomic E-state index is 0.00120. The van der Waals surface area contributed by atoms with Gasteiger partial charge in [0.05, 0.1) is 29.0 Å². The maximum Gasteiger partial charge on any atom is 0.228 e. The molecule has 0 saturated carbocycles. The molecule has 0 fully saturated rings. The molecule has 5 rings (SSSR count). The quantitative estimate of drug-likeness (QED) is 0.398. The number of benzene rings is 3. The van der Waals surface area contributed by atoms with Crippen LogP contribution in [0, 0.1) is 0 Å². The molecule has 1 aliphatic heterocycles. The molecule has 0 spiro atoms. The number of ether oxygens (including phenoxy) is 2. The summed E-state index contributed by atoms with van der Waals surface area (Å²) in [5, 5.41) is 12.5. The number of para-hydroxylation sites is 1. The van der Waals surface area contributed by atoms with Gasteiger partial charge in [0.15, 0.2) is 0 Å². The predicted octanol–water partition coefficient (Wildman–Crippen LogP) is 3.96. The topological polar surface area (TPSA) is 42.6 Å². The fraction of sp³-hybridized carbons (Fsp3) is 0.136. The summed E-state index contributed by atoms with van der Waals surface area (Å²) in [6.45, 7) is 0.289. The smallest absolute Gasteiger partial charge is 0.228 e. The van der Waals surface area contributed by atoms with Gasteiger partial charge in [-0.1, -0.05) is 24.3 Å². The number of aromatic nitrogens is 1. The maximum absolute atomic E-state index is 9.02. The Balaban J connectivity index is 1.90. The van der Waals surface area contributed by atoms with E-state index >= 15 is 0 Å². The van der Waals surface area contributed by atoms with E-state index < -0.39 is 0 Å². The van der Waals surface area contributed by atoms with E-state index in [4.69, 9.17) is 14.6 Å². The first-order chi connectivity index (χ1) is 12.8. The molecule has 2 heterocycles. The fourth-order valence-corrected chi connectivity index (χ4v) is 3.83. The Morgan fingerprint density at radius 1 is 0.962 bits per heavy atom. The molecule has 4 nitrogen and oxygen atoms in total. The summed E-state index contributed by atoms with van der Waals surface area (Å²) in [7, 11) is 2.08. The average Bonchev–Trinajstić information content (AvgIpc) is 2.69. The number of nitrogens with zero attached hydrogens (tertiary/aromatic N) is 1. The highest BCUT2D eigenvalue weighted by atomic mass is 16.5. The molecule has 1 N–H and O–H groups in total. The van der Waals surface area contributed by atoms with Crippen LogP contribution in [0.25, 0.3) is 32.9 Å². The number of rotatable bonds is 3. The molecule has 0 amide bonds. The van der Waals surface area contributed by atoms with Gasteiger partial charge in [0.2, 0.25) is 11.2 Å². The van der Waals surface area contributed by atoms with Crippen molar-refractivity contribution in [1.82, 2.24) is 0 Å². The molecule has 0 aliphatic carbocycles. The molecule has 4 heteroatoms. The molecule has 4 aromatic rings. The summed E-state index contributed by atoms with van der Waals surface area (Å²) in [6.07, 6.45) is 0. The SMILES string of the molecule is C[n+]1c2c3c(cccc3c3ccc(OCCO)cc31)Oc1ccccc1-2. The van der Waals surface area contributed by atoms with E-state index in [2.05, 4.69) is 29.8 Å². The van der Waals surface area contributed by atoms with E-state index in [0.717, 1.165) is 50.2 Å². The summed E-state index contributed by atoms with van der Waals surface area (Å²) in [4.78, 5) is 0. The molecule has 1 aliphatic rings. The zero-order valence-electron chi connectivity index (χ0n) is 14.4. The van der Waals surface area contributed by atoms with Gasteiger partial charge >= 0.3 is 0 Å². The normalized spacial score (nSPS) is 12.1. The standard InChI is InChI=1S/C22H18NO3/c1-23-18-13-14(25-12-11-24)9-10-15(18)16-6-4-8-20-21(16)22(23)17-5-2-3-7-19(17)26-20/h2-10,13,24H,11-12H2,1H3/q+1. The zero-order valence-corrected chi connectivity index (χ0v) is 14.4. The van der Waals surface area contributed by atoms with Crippen molar-refractivity contribution < 1.29 is 19.1 Å². The van der Waals surface area contributed by atoms with E-state index in [1.807, 2.05) is 42.5 Å². The van der Waals surface area contributed by atoms with Crippen LogP contribution in [-0.2, 0) is 7.05 Å². The largest absolute Gasteiger partial charge is 0.491 e. The first-order valence-electron chi connectivity index (χ1n) is 8.67. The van der Waals surface area contributed by atoms with Gasteiger partial charge in [-0.05, 0) is 30.3 Å². The number of hydrogen-bond donors (Lipinski definition) is 1. The van der Waals surface area contributed by atoms with Gasteiger partial charge in [0.25, 0.3) is 0 Å². The lowest BCUT2D eigenvalue weighted by Gasteiger charge is -2.20. The lowest BCUT2D eigenvalue weighted by molar-refractivity contribution is -0.632. The third kappa shape index (κ3) is 2.09. The van der Waals surface area contributed by atoms with Gasteiger partial charge in [0.1, 0.15) is 30.9 Å². The van der Waals surface area contributed by atoms with Crippen molar-refractivity contribution >= 4 is 21.7 Å². The van der Waals surface area contributed by atoms with Crippen LogP contribution in [0.5, 0.6) is 17.2 Å². The number of hydrogen-bond acceptors (Lipinski definition) is 3. The average molecular weight is 344 g/mol. The summed E-state index contributed by atoms with van der Waals surface area (Å²) >= 11 is 0. The third-order valence-corrected chi connectivity index (χ3v) is 4.94. The maximum atomic E-state index is 9.02. The molecule has 0 bridgehead atoms. The molecule has 1 aromatic heterocycles. The summed E-state index contributed by atoms with van der Waals surface area (Å²) in [5.41, 5.74) is 3.31. The molecule has 0 atom stereocenters. The number of aliphatic hydroxyl groups is 1. The van der Waals surface area contributed by atoms with Gasteiger partial charge in [-0.3, -0.25) is 0 Å². The lowest BCUT2D eigenvalue weighted by atomic mass is 9.96. The second-order valence-electron chi connectivity index (χ2n) is 6.44. The molecular formula is C22H18NO3+. The van der Waals surface area contributed by atoms with Crippen LogP contribution in [0.3, 0.4) is 0 Å². The number of aliphatic hydroxyl groups excluding tert-OH is 1. The number of aryl methyl sites for hydroxylation is 1. The lowest BCUT2D eigenvalue weighted by Crippen LogP contribution is -2.33. The van der Waals surface area contributed by atoms with Gasteiger partial charge < -0.3 is 14.6 Å². The molecule has 0 unspecified atom stereocenters. The van der Waals surface area contributed by atoms with Crippen LogP contribution in [0.15, 0.2) is 60.7 Å². The first-order valence-corrected chi connectivity index (χ1v) is 8.67. The van der Waals surface area contributed by atoms with Crippen LogP contribution >= 0.6 is 0 Å². The minimum Gasteiger partial charge on any atom is -0.491 e. The second-order valence-corrected chi connectivity index (χ2v) is 6.44. The second kappa shape index (κ2) is 5.71. The Hall–Kier alpha value is -3.11. The van der Waals surface area contributed by atoms with E-state index in [1.165, 1.54) is 0 Å². The Morgan fingerprint density at radius 3 is 2.69 bits per heavy atom. The van der Waals surface area contributed by atoms with E-state index in [-0.39, 0.29) is 13.2 Å². The molecule has 0 radical (unpaired) electrons. The first kappa shape index (κ1) is 15.2. The molecule has 26 heavy (non-hydrogen) atoms. The van der Waals surface area contributed by atoms with Gasteiger partial charge in [-0.25, -0.2) is 0 Å². The number of pyridine rings is 1. The summed E-state index contributed by atoms with van der Waals surface area (Å²) in [6, 6.07) is 20.4. The predicted molar refractivity (Wildman–Crippen MR) is 101 cm³/mol. The molecule has 3 aromatic carbocycles. The van der Waals surface area contributed by atoms with Crippen molar-refractivity contribution in [1.29, 1.82) is 0 Å².